The van der Waals surface area contributed by atoms with Crippen molar-refractivity contribution in [2.75, 3.05) is 27.7 Å². The van der Waals surface area contributed by atoms with Gasteiger partial charge >= 0.3 is 6.03 Å². The van der Waals surface area contributed by atoms with Crippen LogP contribution in [-0.2, 0) is 16.4 Å². The normalized spacial score (nSPS) is 13.5. The fraction of sp³-hybridized carbons (Fsp3) is 0.235. The van der Waals surface area contributed by atoms with E-state index in [-0.39, 0.29) is 0 Å². The zero-order valence-electron chi connectivity index (χ0n) is 13.8. The van der Waals surface area contributed by atoms with Crippen molar-refractivity contribution < 1.29 is 17.6 Å². The highest BCUT2D eigenvalue weighted by Gasteiger charge is 2.26. The lowest BCUT2D eigenvalue weighted by atomic mass is 10.1. The summed E-state index contributed by atoms with van der Waals surface area (Å²) in [6.45, 7) is 2.03. The van der Waals surface area contributed by atoms with Crippen molar-refractivity contribution in [3.63, 3.8) is 0 Å². The lowest BCUT2D eigenvalue weighted by Crippen LogP contribution is -2.27. The number of amides is 2. The zero-order valence-corrected chi connectivity index (χ0v) is 14.7. The van der Waals surface area contributed by atoms with Gasteiger partial charge in [0.05, 0.1) is 11.9 Å². The first kappa shape index (κ1) is 17.2. The van der Waals surface area contributed by atoms with Crippen molar-refractivity contribution >= 4 is 33.1 Å². The summed E-state index contributed by atoms with van der Waals surface area (Å²) in [5.41, 5.74) is 2.77. The molecule has 0 unspecified atom stereocenters. The second-order valence-electron chi connectivity index (χ2n) is 5.97. The first-order chi connectivity index (χ1) is 11.7. The number of carbonyl (C=O) groups excluding carboxylic acids is 1. The van der Waals surface area contributed by atoms with Gasteiger partial charge in [0.25, 0.3) is 0 Å². The second-order valence-corrected chi connectivity index (χ2v) is 7.88. The lowest BCUT2D eigenvalue weighted by Gasteiger charge is -2.17. The van der Waals surface area contributed by atoms with Crippen molar-refractivity contribution in [1.29, 1.82) is 0 Å². The van der Waals surface area contributed by atoms with Gasteiger partial charge < -0.3 is 10.6 Å². The van der Waals surface area contributed by atoms with Crippen molar-refractivity contribution in [2.45, 2.75) is 13.3 Å². The van der Waals surface area contributed by atoms with Crippen LogP contribution in [0.3, 0.4) is 0 Å². The highest BCUT2D eigenvalue weighted by molar-refractivity contribution is 7.92. The van der Waals surface area contributed by atoms with E-state index < -0.39 is 21.9 Å². The number of nitrogens with one attached hydrogen (secondary N) is 2. The summed E-state index contributed by atoms with van der Waals surface area (Å²) in [7, 11) is -3.36. The lowest BCUT2D eigenvalue weighted by molar-refractivity contribution is 0.262. The van der Waals surface area contributed by atoms with Crippen LogP contribution in [0, 0.1) is 12.7 Å². The molecule has 2 aromatic carbocycles. The van der Waals surface area contributed by atoms with E-state index in [1.807, 2.05) is 0 Å². The maximum Gasteiger partial charge on any atom is 0.323 e. The topological polar surface area (TPSA) is 78.5 Å². The third-order valence-electron chi connectivity index (χ3n) is 4.03. The number of anilines is 3. The van der Waals surface area contributed by atoms with Gasteiger partial charge in [-0.05, 0) is 48.7 Å². The van der Waals surface area contributed by atoms with E-state index in [0.29, 0.717) is 35.6 Å². The fourth-order valence-electron chi connectivity index (χ4n) is 2.74. The van der Waals surface area contributed by atoms with Crippen molar-refractivity contribution in [2.24, 2.45) is 0 Å². The van der Waals surface area contributed by atoms with Gasteiger partial charge in [0.2, 0.25) is 10.0 Å². The maximum atomic E-state index is 13.5. The number of sulfonamides is 1. The first-order valence-electron chi connectivity index (χ1n) is 7.69. The number of benzene rings is 2. The number of hydrogen-bond acceptors (Lipinski definition) is 3. The molecule has 2 amide bonds. The first-order valence-corrected chi connectivity index (χ1v) is 9.54. The molecular weight excluding hydrogens is 345 g/mol. The smallest absolute Gasteiger partial charge is 0.308 e. The van der Waals surface area contributed by atoms with Gasteiger partial charge in [-0.3, -0.25) is 4.31 Å². The second kappa shape index (κ2) is 6.36. The predicted molar refractivity (Wildman–Crippen MR) is 96.1 cm³/mol. The Balaban J connectivity index is 1.75. The Hall–Kier alpha value is -2.61. The van der Waals surface area contributed by atoms with Crippen LogP contribution in [0.5, 0.6) is 0 Å². The van der Waals surface area contributed by atoms with E-state index >= 15 is 0 Å². The Morgan fingerprint density at radius 2 is 1.76 bits per heavy atom. The number of halogens is 1. The summed E-state index contributed by atoms with van der Waals surface area (Å²) < 4.78 is 38.5. The Bertz CT molecular complexity index is 944. The van der Waals surface area contributed by atoms with Crippen LogP contribution in [0.25, 0.3) is 0 Å². The molecule has 132 valence electrons. The van der Waals surface area contributed by atoms with Crippen molar-refractivity contribution in [3.8, 4) is 0 Å². The molecule has 8 heteroatoms. The Morgan fingerprint density at radius 1 is 1.12 bits per heavy atom. The van der Waals surface area contributed by atoms with E-state index in [0.717, 1.165) is 11.8 Å². The van der Waals surface area contributed by atoms with Gasteiger partial charge in [-0.2, -0.15) is 0 Å². The van der Waals surface area contributed by atoms with Gasteiger partial charge in [0.15, 0.2) is 0 Å². The van der Waals surface area contributed by atoms with Crippen LogP contribution >= 0.6 is 0 Å². The average Bonchev–Trinajstić information content (AvgIpc) is 2.94. The van der Waals surface area contributed by atoms with E-state index in [1.54, 1.807) is 37.3 Å². The SMILES string of the molecule is Cc1ccc(NC(=O)Nc2ccc3c(c2)N(S(C)(=O)=O)CC3)cc1F. The maximum absolute atomic E-state index is 13.5. The summed E-state index contributed by atoms with van der Waals surface area (Å²) in [6.07, 6.45) is 1.79. The number of aryl methyl sites for hydroxylation is 1. The number of nitrogens with zero attached hydrogens (tertiary/aromatic N) is 1. The Morgan fingerprint density at radius 3 is 2.40 bits per heavy atom. The Kier molecular flexibility index (Phi) is 4.38. The summed E-state index contributed by atoms with van der Waals surface area (Å²) in [4.78, 5) is 12.1. The van der Waals surface area contributed by atoms with Crippen LogP contribution < -0.4 is 14.9 Å². The fourth-order valence-corrected chi connectivity index (χ4v) is 3.69. The molecule has 1 heterocycles. The van der Waals surface area contributed by atoms with Crippen molar-refractivity contribution in [1.82, 2.24) is 0 Å². The molecule has 0 aliphatic carbocycles. The van der Waals surface area contributed by atoms with Gasteiger partial charge in [-0.25, -0.2) is 17.6 Å². The molecule has 0 saturated carbocycles. The molecule has 0 radical (unpaired) electrons. The van der Waals surface area contributed by atoms with Crippen LogP contribution in [0.1, 0.15) is 11.1 Å². The van der Waals surface area contributed by atoms with Gasteiger partial charge in [0, 0.05) is 17.9 Å². The van der Waals surface area contributed by atoms with Gasteiger partial charge in [-0.1, -0.05) is 12.1 Å². The number of fused-ring (bicyclic) bond motifs is 1. The number of rotatable bonds is 3. The van der Waals surface area contributed by atoms with E-state index in [1.165, 1.54) is 10.4 Å². The molecular formula is C17H18FN3O3S. The number of hydrogen-bond donors (Lipinski definition) is 2. The standard InChI is InChI=1S/C17H18FN3O3S/c1-11-3-5-13(9-15(11)18)19-17(22)20-14-6-4-12-7-8-21(16(12)10-14)25(2,23)24/h3-6,9-10H,7-8H2,1-2H3,(H2,19,20,22). The molecule has 0 atom stereocenters. The third kappa shape index (κ3) is 3.74. The molecule has 0 saturated heterocycles. The summed E-state index contributed by atoms with van der Waals surface area (Å²) in [5, 5.41) is 5.18. The van der Waals surface area contributed by atoms with Gasteiger partial charge in [0.1, 0.15) is 5.82 Å². The molecule has 2 N–H and O–H groups in total. The predicted octanol–water partition coefficient (Wildman–Crippen LogP) is 3.10. The molecule has 25 heavy (non-hydrogen) atoms. The third-order valence-corrected chi connectivity index (χ3v) is 5.21. The van der Waals surface area contributed by atoms with E-state index in [9.17, 15) is 17.6 Å². The molecule has 1 aliphatic heterocycles. The monoisotopic (exact) mass is 363 g/mol. The van der Waals surface area contributed by atoms with Crippen molar-refractivity contribution in [3.05, 3.63) is 53.3 Å². The van der Waals surface area contributed by atoms with E-state index in [4.69, 9.17) is 0 Å². The van der Waals surface area contributed by atoms with Crippen LogP contribution in [-0.4, -0.2) is 27.2 Å². The molecule has 6 nitrogen and oxygen atoms in total. The molecule has 1 aliphatic rings. The largest absolute Gasteiger partial charge is 0.323 e. The van der Waals surface area contributed by atoms with Crippen LogP contribution in [0.2, 0.25) is 0 Å². The summed E-state index contributed by atoms with van der Waals surface area (Å²) in [6, 6.07) is 9.01. The van der Waals surface area contributed by atoms with E-state index in [2.05, 4.69) is 10.6 Å². The molecule has 3 rings (SSSR count). The minimum Gasteiger partial charge on any atom is -0.308 e. The molecule has 0 bridgehead atoms. The van der Waals surface area contributed by atoms with Crippen LogP contribution in [0.15, 0.2) is 36.4 Å². The molecule has 0 spiro atoms. The summed E-state index contributed by atoms with van der Waals surface area (Å²) in [5.74, 6) is -0.404. The molecule has 2 aromatic rings. The number of carbonyl (C=O) groups is 1. The van der Waals surface area contributed by atoms with Crippen LogP contribution in [0.4, 0.5) is 26.2 Å². The Labute approximate surface area is 145 Å². The quantitative estimate of drug-likeness (QED) is 0.879. The minimum atomic E-state index is -3.36. The molecule has 0 fully saturated rings. The number of urea groups is 1. The minimum absolute atomic E-state index is 0.333. The highest BCUT2D eigenvalue weighted by Crippen LogP contribution is 2.32. The van der Waals surface area contributed by atoms with Gasteiger partial charge in [-0.15, -0.1) is 0 Å². The zero-order chi connectivity index (χ0) is 18.2. The molecule has 0 aromatic heterocycles. The summed E-state index contributed by atoms with van der Waals surface area (Å²) >= 11 is 0. The highest BCUT2D eigenvalue weighted by atomic mass is 32.2. The average molecular weight is 363 g/mol.